The Morgan fingerprint density at radius 1 is 1.14 bits per heavy atom. The molecule has 0 bridgehead atoms. The van der Waals surface area contributed by atoms with Crippen LogP contribution < -0.4 is 5.32 Å². The van der Waals surface area contributed by atoms with E-state index in [2.05, 4.69) is 26.3 Å². The van der Waals surface area contributed by atoms with Crippen molar-refractivity contribution in [2.75, 3.05) is 38.0 Å². The van der Waals surface area contributed by atoms with E-state index in [-0.39, 0.29) is 5.91 Å². The highest BCUT2D eigenvalue weighted by Gasteiger charge is 2.19. The van der Waals surface area contributed by atoms with Crippen molar-refractivity contribution in [1.82, 2.24) is 19.6 Å². The number of hydrogen-bond acceptors (Lipinski definition) is 5. The maximum atomic E-state index is 12.5. The fourth-order valence-corrected chi connectivity index (χ4v) is 3.62. The Morgan fingerprint density at radius 3 is 2.46 bits per heavy atom. The highest BCUT2D eigenvalue weighted by molar-refractivity contribution is 5.93. The molecule has 7 nitrogen and oxygen atoms in total. The van der Waals surface area contributed by atoms with E-state index in [1.165, 1.54) is 5.56 Å². The Bertz CT molecular complexity index is 864. The maximum absolute atomic E-state index is 12.5. The van der Waals surface area contributed by atoms with Gasteiger partial charge in [-0.25, -0.2) is 0 Å². The first-order valence-corrected chi connectivity index (χ1v) is 9.70. The van der Waals surface area contributed by atoms with Crippen LogP contribution in [0.4, 0.5) is 5.69 Å². The van der Waals surface area contributed by atoms with E-state index >= 15 is 0 Å². The SMILES string of the molecule is Cc1nn(C)c(C)c1NC(=O)CN1CCCN(Cc2ccc(C#N)cc2)CC1. The predicted molar refractivity (Wildman–Crippen MR) is 109 cm³/mol. The van der Waals surface area contributed by atoms with E-state index < -0.39 is 0 Å². The summed E-state index contributed by atoms with van der Waals surface area (Å²) in [5.41, 5.74) is 4.54. The van der Waals surface area contributed by atoms with Crippen molar-refractivity contribution in [2.24, 2.45) is 7.05 Å². The van der Waals surface area contributed by atoms with Crippen LogP contribution in [-0.2, 0) is 18.4 Å². The lowest BCUT2D eigenvalue weighted by molar-refractivity contribution is -0.117. The molecule has 1 aromatic heterocycles. The number of rotatable bonds is 5. The Morgan fingerprint density at radius 2 is 1.82 bits per heavy atom. The average Bonchev–Trinajstić information content (AvgIpc) is 2.83. The number of nitriles is 1. The van der Waals surface area contributed by atoms with Gasteiger partial charge in [-0.1, -0.05) is 12.1 Å². The number of aryl methyl sites for hydroxylation is 2. The molecule has 1 aromatic carbocycles. The third kappa shape index (κ3) is 4.97. The van der Waals surface area contributed by atoms with Gasteiger partial charge in [0, 0.05) is 26.7 Å². The van der Waals surface area contributed by atoms with E-state index in [1.807, 2.05) is 45.2 Å². The number of aromatic nitrogens is 2. The molecule has 1 fully saturated rings. The van der Waals surface area contributed by atoms with Crippen LogP contribution in [-0.4, -0.2) is 58.2 Å². The molecule has 28 heavy (non-hydrogen) atoms. The largest absolute Gasteiger partial charge is 0.322 e. The second kappa shape index (κ2) is 9.00. The zero-order valence-electron chi connectivity index (χ0n) is 16.9. The van der Waals surface area contributed by atoms with Gasteiger partial charge in [0.05, 0.1) is 35.3 Å². The molecule has 0 unspecified atom stereocenters. The predicted octanol–water partition coefficient (Wildman–Crippen LogP) is 2.06. The lowest BCUT2D eigenvalue weighted by Gasteiger charge is -2.21. The normalized spacial score (nSPS) is 15.8. The van der Waals surface area contributed by atoms with Gasteiger partial charge in [-0.3, -0.25) is 19.3 Å². The number of carbonyl (C=O) groups is 1. The first-order valence-electron chi connectivity index (χ1n) is 9.70. The monoisotopic (exact) mass is 380 g/mol. The van der Waals surface area contributed by atoms with Crippen LogP contribution >= 0.6 is 0 Å². The summed E-state index contributed by atoms with van der Waals surface area (Å²) in [5.74, 6) is 0.0137. The summed E-state index contributed by atoms with van der Waals surface area (Å²) in [4.78, 5) is 17.1. The number of carbonyl (C=O) groups excluding carboxylic acids is 1. The molecule has 1 aliphatic rings. The smallest absolute Gasteiger partial charge is 0.238 e. The van der Waals surface area contributed by atoms with Crippen LogP contribution in [0, 0.1) is 25.2 Å². The van der Waals surface area contributed by atoms with Gasteiger partial charge in [0.15, 0.2) is 0 Å². The Labute approximate surface area is 166 Å². The molecule has 1 saturated heterocycles. The molecule has 0 spiro atoms. The van der Waals surface area contributed by atoms with Crippen molar-refractivity contribution in [1.29, 1.82) is 5.26 Å². The Hall–Kier alpha value is -2.69. The van der Waals surface area contributed by atoms with Gasteiger partial charge < -0.3 is 5.32 Å². The second-order valence-electron chi connectivity index (χ2n) is 7.43. The minimum Gasteiger partial charge on any atom is -0.322 e. The summed E-state index contributed by atoms with van der Waals surface area (Å²) in [6.45, 7) is 8.88. The number of benzene rings is 1. The summed E-state index contributed by atoms with van der Waals surface area (Å²) in [6.07, 6.45) is 1.04. The molecule has 0 saturated carbocycles. The first kappa shape index (κ1) is 20.1. The second-order valence-corrected chi connectivity index (χ2v) is 7.43. The summed E-state index contributed by atoms with van der Waals surface area (Å²) >= 11 is 0. The molecule has 148 valence electrons. The third-order valence-corrected chi connectivity index (χ3v) is 5.31. The van der Waals surface area contributed by atoms with Crippen LogP contribution in [0.15, 0.2) is 24.3 Å². The van der Waals surface area contributed by atoms with Crippen molar-refractivity contribution < 1.29 is 4.79 Å². The van der Waals surface area contributed by atoms with Gasteiger partial charge in [0.1, 0.15) is 0 Å². The van der Waals surface area contributed by atoms with Gasteiger partial charge in [-0.15, -0.1) is 0 Å². The fraction of sp³-hybridized carbons (Fsp3) is 0.476. The lowest BCUT2D eigenvalue weighted by Crippen LogP contribution is -2.36. The van der Waals surface area contributed by atoms with E-state index in [0.29, 0.717) is 12.1 Å². The first-order chi connectivity index (χ1) is 13.5. The van der Waals surface area contributed by atoms with Crippen LogP contribution in [0.25, 0.3) is 0 Å². The number of hydrogen-bond donors (Lipinski definition) is 1. The molecule has 3 rings (SSSR count). The van der Waals surface area contributed by atoms with Crippen molar-refractivity contribution >= 4 is 11.6 Å². The van der Waals surface area contributed by atoms with Gasteiger partial charge in [-0.2, -0.15) is 10.4 Å². The molecule has 1 aliphatic heterocycles. The number of nitrogens with zero attached hydrogens (tertiary/aromatic N) is 5. The molecular weight excluding hydrogens is 352 g/mol. The van der Waals surface area contributed by atoms with Crippen LogP contribution in [0.5, 0.6) is 0 Å². The molecule has 0 radical (unpaired) electrons. The van der Waals surface area contributed by atoms with Gasteiger partial charge in [0.25, 0.3) is 0 Å². The van der Waals surface area contributed by atoms with Crippen molar-refractivity contribution in [3.05, 3.63) is 46.8 Å². The van der Waals surface area contributed by atoms with Gasteiger partial charge >= 0.3 is 0 Å². The molecule has 2 aromatic rings. The molecule has 7 heteroatoms. The zero-order chi connectivity index (χ0) is 20.1. The van der Waals surface area contributed by atoms with Crippen molar-refractivity contribution in [3.8, 4) is 6.07 Å². The molecule has 1 N–H and O–H groups in total. The van der Waals surface area contributed by atoms with Crippen LogP contribution in [0.3, 0.4) is 0 Å². The highest BCUT2D eigenvalue weighted by Crippen LogP contribution is 2.18. The molecule has 2 heterocycles. The van der Waals surface area contributed by atoms with E-state index in [1.54, 1.807) is 4.68 Å². The zero-order valence-corrected chi connectivity index (χ0v) is 16.9. The van der Waals surface area contributed by atoms with Crippen LogP contribution in [0.2, 0.25) is 0 Å². The van der Waals surface area contributed by atoms with Gasteiger partial charge in [0.2, 0.25) is 5.91 Å². The highest BCUT2D eigenvalue weighted by atomic mass is 16.2. The summed E-state index contributed by atoms with van der Waals surface area (Å²) < 4.78 is 1.79. The molecule has 0 aliphatic carbocycles. The number of anilines is 1. The minimum atomic E-state index is 0.0137. The number of nitrogens with one attached hydrogen (secondary N) is 1. The maximum Gasteiger partial charge on any atom is 0.238 e. The van der Waals surface area contributed by atoms with Crippen molar-refractivity contribution in [2.45, 2.75) is 26.8 Å². The molecule has 0 atom stereocenters. The summed E-state index contributed by atoms with van der Waals surface area (Å²) in [7, 11) is 1.88. The van der Waals surface area contributed by atoms with Crippen LogP contribution in [0.1, 0.15) is 28.9 Å². The number of amides is 1. The minimum absolute atomic E-state index is 0.0137. The average molecular weight is 380 g/mol. The summed E-state index contributed by atoms with van der Waals surface area (Å²) in [6, 6.07) is 9.93. The Balaban J connectivity index is 1.50. The molecule has 1 amide bonds. The van der Waals surface area contributed by atoms with Gasteiger partial charge in [-0.05, 0) is 51.1 Å². The third-order valence-electron chi connectivity index (χ3n) is 5.31. The van der Waals surface area contributed by atoms with E-state index in [9.17, 15) is 4.79 Å². The van der Waals surface area contributed by atoms with Crippen molar-refractivity contribution in [3.63, 3.8) is 0 Å². The molecular formula is C21H28N6O. The standard InChI is InChI=1S/C21H28N6O/c1-16-21(17(2)25(3)24-16)23-20(28)15-27-10-4-9-26(11-12-27)14-19-7-5-18(13-22)6-8-19/h5-8H,4,9-12,14-15H2,1-3H3,(H,23,28). The fourth-order valence-electron chi connectivity index (χ4n) is 3.62. The summed E-state index contributed by atoms with van der Waals surface area (Å²) in [5, 5.41) is 16.3. The van der Waals surface area contributed by atoms with E-state index in [4.69, 9.17) is 5.26 Å². The lowest BCUT2D eigenvalue weighted by atomic mass is 10.1. The topological polar surface area (TPSA) is 77.2 Å². The quantitative estimate of drug-likeness (QED) is 0.859. The Kier molecular flexibility index (Phi) is 6.45. The van der Waals surface area contributed by atoms with E-state index in [0.717, 1.165) is 56.2 Å².